The van der Waals surface area contributed by atoms with Gasteiger partial charge in [0.2, 0.25) is 5.91 Å². The minimum Gasteiger partial charge on any atom is -0.490 e. The van der Waals surface area contributed by atoms with Crippen LogP contribution in [0.15, 0.2) is 54.6 Å². The molecule has 34 heavy (non-hydrogen) atoms. The lowest BCUT2D eigenvalue weighted by Crippen LogP contribution is -2.65. The lowest BCUT2D eigenvalue weighted by Gasteiger charge is -2.63. The number of ether oxygens (including phenoxy) is 1. The summed E-state index contributed by atoms with van der Waals surface area (Å²) in [5.41, 5.74) is 3.15. The Labute approximate surface area is 204 Å². The molecule has 6 rings (SSSR count). The smallest absolute Gasteiger partial charge is 0.222 e. The van der Waals surface area contributed by atoms with Crippen molar-refractivity contribution in [1.82, 2.24) is 4.90 Å². The predicted molar refractivity (Wildman–Crippen MR) is 136 cm³/mol. The fourth-order valence-electron chi connectivity index (χ4n) is 8.70. The molecule has 1 heterocycles. The van der Waals surface area contributed by atoms with Crippen molar-refractivity contribution >= 4 is 5.91 Å². The first-order chi connectivity index (χ1) is 16.4. The fraction of sp³-hybridized carbons (Fsp3) is 0.581. The molecule has 4 fully saturated rings. The molecule has 180 valence electrons. The van der Waals surface area contributed by atoms with Crippen LogP contribution in [0, 0.1) is 28.6 Å². The van der Waals surface area contributed by atoms with Crippen molar-refractivity contribution in [2.24, 2.45) is 28.6 Å². The summed E-state index contributed by atoms with van der Waals surface area (Å²) in [5, 5.41) is 0. The van der Waals surface area contributed by atoms with Gasteiger partial charge in [0, 0.05) is 31.8 Å². The number of carbonyl (C=O) groups is 1. The Morgan fingerprint density at radius 2 is 1.62 bits per heavy atom. The first kappa shape index (κ1) is 22.2. The average Bonchev–Trinajstić information content (AvgIpc) is 3.25. The zero-order chi connectivity index (χ0) is 23.5. The van der Waals surface area contributed by atoms with Gasteiger partial charge in [0.25, 0.3) is 0 Å². The second kappa shape index (κ2) is 8.14. The Morgan fingerprint density at radius 1 is 0.882 bits per heavy atom. The van der Waals surface area contributed by atoms with Gasteiger partial charge in [-0.25, -0.2) is 0 Å². The van der Waals surface area contributed by atoms with Crippen LogP contribution >= 0.6 is 0 Å². The summed E-state index contributed by atoms with van der Waals surface area (Å²) < 4.78 is 6.91. The molecule has 0 N–H and O–H groups in total. The maximum atomic E-state index is 12.7. The van der Waals surface area contributed by atoms with Crippen molar-refractivity contribution in [1.29, 1.82) is 0 Å². The van der Waals surface area contributed by atoms with Gasteiger partial charge in [-0.05, 0) is 78.0 Å². The maximum absolute atomic E-state index is 12.7. The largest absolute Gasteiger partial charge is 0.490 e. The zero-order valence-corrected chi connectivity index (χ0v) is 21.0. The zero-order valence-electron chi connectivity index (χ0n) is 21.0. The van der Waals surface area contributed by atoms with Gasteiger partial charge in [0.05, 0.1) is 0 Å². The molecule has 1 saturated heterocycles. The van der Waals surface area contributed by atoms with E-state index in [9.17, 15) is 4.79 Å². The molecule has 3 nitrogen and oxygen atoms in total. The van der Waals surface area contributed by atoms with E-state index in [0.717, 1.165) is 24.5 Å². The SMILES string of the molecule is CN1C(=O)CC[C@]2(C)[C@H]3CC[C@]4(C)CCC[C@H]4[C@@H]3[C@@H](Oc3ccc(-c4ccccc4)cc3)C[C@@H]12. The van der Waals surface area contributed by atoms with Crippen LogP contribution < -0.4 is 4.74 Å². The lowest BCUT2D eigenvalue weighted by molar-refractivity contribution is -0.173. The van der Waals surface area contributed by atoms with Gasteiger partial charge in [-0.15, -0.1) is 0 Å². The molecule has 3 saturated carbocycles. The summed E-state index contributed by atoms with van der Waals surface area (Å²) >= 11 is 0. The fourth-order valence-corrected chi connectivity index (χ4v) is 8.70. The Hall–Kier alpha value is -2.29. The lowest BCUT2D eigenvalue weighted by atomic mass is 9.47. The standard InChI is InChI=1S/C31H39NO2/c1-30-17-7-10-24(30)29-25(15-18-30)31(2)19-16-28(33)32(3)27(31)20-26(29)34-23-13-11-22(12-14-23)21-8-5-4-6-9-21/h4-6,8-9,11-14,24-27,29H,7,10,15-20H2,1-3H3/t24-,25-,26-,27+,29-,30-,31+/m0/s1. The molecule has 0 unspecified atom stereocenters. The van der Waals surface area contributed by atoms with Crippen molar-refractivity contribution < 1.29 is 9.53 Å². The van der Waals surface area contributed by atoms with Crippen LogP contribution in [-0.2, 0) is 4.79 Å². The maximum Gasteiger partial charge on any atom is 0.222 e. The van der Waals surface area contributed by atoms with Gasteiger partial charge in [-0.1, -0.05) is 62.7 Å². The Bertz CT molecular complexity index is 1050. The molecular weight excluding hydrogens is 418 g/mol. The van der Waals surface area contributed by atoms with Crippen LogP contribution in [-0.4, -0.2) is 30.0 Å². The quantitative estimate of drug-likeness (QED) is 0.498. The predicted octanol–water partition coefficient (Wildman–Crippen LogP) is 6.96. The molecular formula is C31H39NO2. The number of carbonyl (C=O) groups excluding carboxylic acids is 1. The second-order valence-electron chi connectivity index (χ2n) is 12.2. The number of amides is 1. The Morgan fingerprint density at radius 3 is 2.38 bits per heavy atom. The summed E-state index contributed by atoms with van der Waals surface area (Å²) in [7, 11) is 2.04. The number of benzene rings is 2. The molecule has 2 aromatic carbocycles. The van der Waals surface area contributed by atoms with Crippen LogP contribution in [0.5, 0.6) is 5.75 Å². The molecule has 0 aromatic heterocycles. The molecule has 0 radical (unpaired) electrons. The van der Waals surface area contributed by atoms with E-state index in [1.54, 1.807) is 0 Å². The van der Waals surface area contributed by atoms with E-state index in [1.165, 1.54) is 43.2 Å². The second-order valence-corrected chi connectivity index (χ2v) is 12.2. The van der Waals surface area contributed by atoms with Crippen LogP contribution in [0.1, 0.15) is 65.2 Å². The Kier molecular flexibility index (Phi) is 5.31. The number of rotatable bonds is 3. The molecule has 0 spiro atoms. The van der Waals surface area contributed by atoms with E-state index < -0.39 is 0 Å². The first-order valence-corrected chi connectivity index (χ1v) is 13.5. The normalized spacial score (nSPS) is 39.2. The van der Waals surface area contributed by atoms with E-state index in [1.807, 2.05) is 7.05 Å². The third kappa shape index (κ3) is 3.41. The highest BCUT2D eigenvalue weighted by Crippen LogP contribution is 2.65. The molecule has 2 aromatic rings. The van der Waals surface area contributed by atoms with Crippen molar-refractivity contribution in [2.45, 2.75) is 77.4 Å². The summed E-state index contributed by atoms with van der Waals surface area (Å²) in [6.07, 6.45) is 9.62. The molecule has 3 aliphatic carbocycles. The van der Waals surface area contributed by atoms with E-state index in [0.29, 0.717) is 29.6 Å². The average molecular weight is 458 g/mol. The van der Waals surface area contributed by atoms with Crippen molar-refractivity contribution in [3.8, 4) is 16.9 Å². The minimum absolute atomic E-state index is 0.182. The first-order valence-electron chi connectivity index (χ1n) is 13.5. The summed E-state index contributed by atoms with van der Waals surface area (Å²) in [5.74, 6) is 3.28. The van der Waals surface area contributed by atoms with Gasteiger partial charge in [0.15, 0.2) is 0 Å². The highest BCUT2D eigenvalue weighted by atomic mass is 16.5. The third-order valence-electron chi connectivity index (χ3n) is 10.6. The third-order valence-corrected chi connectivity index (χ3v) is 10.6. The molecule has 4 aliphatic rings. The van der Waals surface area contributed by atoms with Crippen LogP contribution in [0.25, 0.3) is 11.1 Å². The number of hydrogen-bond donors (Lipinski definition) is 0. The van der Waals surface area contributed by atoms with Gasteiger partial charge < -0.3 is 9.64 Å². The summed E-state index contributed by atoms with van der Waals surface area (Å²) in [6.45, 7) is 5.05. The summed E-state index contributed by atoms with van der Waals surface area (Å²) in [4.78, 5) is 14.8. The van der Waals surface area contributed by atoms with Gasteiger partial charge in [-0.2, -0.15) is 0 Å². The highest BCUT2D eigenvalue weighted by Gasteiger charge is 2.62. The molecule has 1 aliphatic heterocycles. The molecule has 7 atom stereocenters. The number of fused-ring (bicyclic) bond motifs is 5. The minimum atomic E-state index is 0.182. The summed E-state index contributed by atoms with van der Waals surface area (Å²) in [6, 6.07) is 19.5. The van der Waals surface area contributed by atoms with Gasteiger partial charge in [-0.3, -0.25) is 4.79 Å². The van der Waals surface area contributed by atoms with E-state index >= 15 is 0 Å². The van der Waals surface area contributed by atoms with E-state index in [-0.39, 0.29) is 17.6 Å². The molecule has 0 bridgehead atoms. The number of hydrogen-bond acceptors (Lipinski definition) is 2. The van der Waals surface area contributed by atoms with Gasteiger partial charge >= 0.3 is 0 Å². The number of piperidine rings is 1. The van der Waals surface area contributed by atoms with E-state index in [2.05, 4.69) is 73.3 Å². The molecule has 3 heteroatoms. The van der Waals surface area contributed by atoms with Crippen molar-refractivity contribution in [3.05, 3.63) is 54.6 Å². The number of nitrogens with zero attached hydrogens (tertiary/aromatic N) is 1. The van der Waals surface area contributed by atoms with Crippen molar-refractivity contribution in [3.63, 3.8) is 0 Å². The van der Waals surface area contributed by atoms with Crippen molar-refractivity contribution in [2.75, 3.05) is 7.05 Å². The van der Waals surface area contributed by atoms with Crippen LogP contribution in [0.2, 0.25) is 0 Å². The number of likely N-dealkylation sites (tertiary alicyclic amines) is 1. The van der Waals surface area contributed by atoms with Gasteiger partial charge in [0.1, 0.15) is 11.9 Å². The van der Waals surface area contributed by atoms with Crippen LogP contribution in [0.3, 0.4) is 0 Å². The Balaban J connectivity index is 1.32. The van der Waals surface area contributed by atoms with E-state index in [4.69, 9.17) is 4.74 Å². The monoisotopic (exact) mass is 457 g/mol. The highest BCUT2D eigenvalue weighted by molar-refractivity contribution is 5.77. The molecule has 1 amide bonds. The van der Waals surface area contributed by atoms with Crippen LogP contribution in [0.4, 0.5) is 0 Å². The topological polar surface area (TPSA) is 29.5 Å².